The quantitative estimate of drug-likeness (QED) is 0.325. The first-order valence-electron chi connectivity index (χ1n) is 13.0. The van der Waals surface area contributed by atoms with E-state index in [2.05, 4.69) is 27.1 Å². The molecule has 0 saturated carbocycles. The van der Waals surface area contributed by atoms with Gasteiger partial charge < -0.3 is 24.0 Å². The highest BCUT2D eigenvalue weighted by Crippen LogP contribution is 2.34. The molecular formula is C29H39N3O4. The van der Waals surface area contributed by atoms with Crippen LogP contribution in [0.4, 0.5) is 5.88 Å². The number of benzene rings is 2. The molecule has 0 unspecified atom stereocenters. The van der Waals surface area contributed by atoms with Gasteiger partial charge in [-0.2, -0.15) is 0 Å². The SMILES string of the molecule is COCCCN(Cc1c(-c2ccccc2)noc1N1CCCCC1)C[C@@H](O)COCc1ccccc1. The van der Waals surface area contributed by atoms with Gasteiger partial charge in [-0.1, -0.05) is 65.8 Å². The molecule has 0 radical (unpaired) electrons. The number of aliphatic hydroxyl groups is 1. The monoisotopic (exact) mass is 493 g/mol. The van der Waals surface area contributed by atoms with Gasteiger partial charge in [-0.3, -0.25) is 4.90 Å². The predicted molar refractivity (Wildman–Crippen MR) is 142 cm³/mol. The summed E-state index contributed by atoms with van der Waals surface area (Å²) < 4.78 is 17.1. The summed E-state index contributed by atoms with van der Waals surface area (Å²) in [5.74, 6) is 0.861. The molecule has 1 aliphatic heterocycles. The number of piperidine rings is 1. The highest BCUT2D eigenvalue weighted by atomic mass is 16.5. The smallest absolute Gasteiger partial charge is 0.232 e. The zero-order chi connectivity index (χ0) is 25.0. The second-order valence-electron chi connectivity index (χ2n) is 9.46. The maximum atomic E-state index is 10.8. The largest absolute Gasteiger partial charge is 0.389 e. The molecule has 4 rings (SSSR count). The van der Waals surface area contributed by atoms with Gasteiger partial charge in [0.1, 0.15) is 5.69 Å². The molecule has 2 aromatic carbocycles. The van der Waals surface area contributed by atoms with Crippen LogP contribution in [0.15, 0.2) is 65.2 Å². The Labute approximate surface area is 214 Å². The molecule has 194 valence electrons. The fourth-order valence-electron chi connectivity index (χ4n) is 4.74. The summed E-state index contributed by atoms with van der Waals surface area (Å²) in [6.45, 7) is 5.34. The highest BCUT2D eigenvalue weighted by Gasteiger charge is 2.26. The summed E-state index contributed by atoms with van der Waals surface area (Å²) in [6, 6.07) is 20.3. The van der Waals surface area contributed by atoms with Crippen molar-refractivity contribution in [2.75, 3.05) is 51.4 Å². The second-order valence-corrected chi connectivity index (χ2v) is 9.46. The van der Waals surface area contributed by atoms with E-state index in [1.165, 1.54) is 6.42 Å². The minimum absolute atomic E-state index is 0.282. The van der Waals surface area contributed by atoms with Crippen LogP contribution in [0, 0.1) is 0 Å². The highest BCUT2D eigenvalue weighted by molar-refractivity contribution is 5.68. The topological polar surface area (TPSA) is 71.2 Å². The third-order valence-electron chi connectivity index (χ3n) is 6.55. The van der Waals surface area contributed by atoms with Crippen LogP contribution in [0.2, 0.25) is 0 Å². The normalized spacial score (nSPS) is 14.9. The lowest BCUT2D eigenvalue weighted by molar-refractivity contribution is 0.00740. The number of rotatable bonds is 14. The Kier molecular flexibility index (Phi) is 10.3. The molecule has 7 nitrogen and oxygen atoms in total. The molecule has 1 saturated heterocycles. The molecule has 1 aliphatic rings. The number of anilines is 1. The molecule has 36 heavy (non-hydrogen) atoms. The Balaban J connectivity index is 1.48. The van der Waals surface area contributed by atoms with Crippen molar-refractivity contribution in [3.8, 4) is 11.3 Å². The third kappa shape index (κ3) is 7.64. The molecular weight excluding hydrogens is 454 g/mol. The number of aromatic nitrogens is 1. The van der Waals surface area contributed by atoms with Crippen molar-refractivity contribution in [1.29, 1.82) is 0 Å². The van der Waals surface area contributed by atoms with Crippen molar-refractivity contribution in [2.24, 2.45) is 0 Å². The molecule has 7 heteroatoms. The summed E-state index contributed by atoms with van der Waals surface area (Å²) in [5.41, 5.74) is 4.11. The van der Waals surface area contributed by atoms with Crippen molar-refractivity contribution in [3.05, 3.63) is 71.8 Å². The van der Waals surface area contributed by atoms with E-state index < -0.39 is 6.10 Å². The van der Waals surface area contributed by atoms with Crippen molar-refractivity contribution in [1.82, 2.24) is 10.1 Å². The van der Waals surface area contributed by atoms with Crippen molar-refractivity contribution >= 4 is 5.88 Å². The average Bonchev–Trinajstić information content (AvgIpc) is 3.34. The second kappa shape index (κ2) is 14.1. The van der Waals surface area contributed by atoms with E-state index in [1.54, 1.807) is 7.11 Å². The Bertz CT molecular complexity index is 1010. The van der Waals surface area contributed by atoms with Crippen LogP contribution in [-0.4, -0.2) is 67.8 Å². The van der Waals surface area contributed by atoms with Crippen LogP contribution >= 0.6 is 0 Å². The minimum Gasteiger partial charge on any atom is -0.389 e. The summed E-state index contributed by atoms with van der Waals surface area (Å²) in [6.07, 6.45) is 3.85. The summed E-state index contributed by atoms with van der Waals surface area (Å²) >= 11 is 0. The number of nitrogens with zero attached hydrogens (tertiary/aromatic N) is 3. The molecule has 0 bridgehead atoms. The van der Waals surface area contributed by atoms with Gasteiger partial charge in [0.15, 0.2) is 0 Å². The first-order chi connectivity index (χ1) is 17.7. The summed E-state index contributed by atoms with van der Waals surface area (Å²) in [7, 11) is 1.72. The van der Waals surface area contributed by atoms with Gasteiger partial charge in [-0.25, -0.2) is 0 Å². The summed E-state index contributed by atoms with van der Waals surface area (Å²) in [4.78, 5) is 4.59. The van der Waals surface area contributed by atoms with E-state index in [1.807, 2.05) is 48.5 Å². The Morgan fingerprint density at radius 2 is 1.75 bits per heavy atom. The van der Waals surface area contributed by atoms with E-state index in [0.717, 1.165) is 67.2 Å². The standard InChI is InChI=1S/C29H39N3O4/c1-34-19-11-16-31(20-26(33)23-35-22-24-12-5-2-6-13-24)21-27-28(25-14-7-3-8-15-25)30-36-29(27)32-17-9-4-10-18-32/h2-3,5-8,12-15,26,33H,4,9-11,16-23H2,1H3/t26-/m1/s1. The Morgan fingerprint density at radius 3 is 2.47 bits per heavy atom. The van der Waals surface area contributed by atoms with E-state index in [4.69, 9.17) is 14.0 Å². The van der Waals surface area contributed by atoms with Gasteiger partial charge >= 0.3 is 0 Å². The van der Waals surface area contributed by atoms with Gasteiger partial charge in [0.05, 0.1) is 24.9 Å². The fraction of sp³-hybridized carbons (Fsp3) is 0.483. The predicted octanol–water partition coefficient (Wildman–Crippen LogP) is 4.75. The Morgan fingerprint density at radius 1 is 1.03 bits per heavy atom. The van der Waals surface area contributed by atoms with Crippen LogP contribution in [-0.2, 0) is 22.6 Å². The molecule has 1 N–H and O–H groups in total. The van der Waals surface area contributed by atoms with Crippen LogP contribution in [0.3, 0.4) is 0 Å². The lowest BCUT2D eigenvalue weighted by Gasteiger charge is -2.29. The van der Waals surface area contributed by atoms with E-state index >= 15 is 0 Å². The molecule has 0 aliphatic carbocycles. The number of aliphatic hydroxyl groups excluding tert-OH is 1. The van der Waals surface area contributed by atoms with Gasteiger partial charge in [-0.05, 0) is 31.2 Å². The molecule has 0 spiro atoms. The Hall–Kier alpha value is -2.71. The molecule has 2 heterocycles. The molecule has 0 amide bonds. The van der Waals surface area contributed by atoms with Crippen molar-refractivity contribution in [3.63, 3.8) is 0 Å². The van der Waals surface area contributed by atoms with E-state index in [0.29, 0.717) is 26.3 Å². The molecule has 1 aromatic heterocycles. The number of hydrogen-bond acceptors (Lipinski definition) is 7. The maximum absolute atomic E-state index is 10.8. The first-order valence-corrected chi connectivity index (χ1v) is 13.0. The van der Waals surface area contributed by atoms with E-state index in [-0.39, 0.29) is 6.61 Å². The third-order valence-corrected chi connectivity index (χ3v) is 6.55. The number of methoxy groups -OCH3 is 1. The number of hydrogen-bond donors (Lipinski definition) is 1. The average molecular weight is 494 g/mol. The summed E-state index contributed by atoms with van der Waals surface area (Å²) in [5, 5.41) is 15.4. The van der Waals surface area contributed by atoms with Gasteiger partial charge in [0, 0.05) is 52.0 Å². The lowest BCUT2D eigenvalue weighted by Crippen LogP contribution is -2.36. The van der Waals surface area contributed by atoms with Crippen LogP contribution in [0.1, 0.15) is 36.8 Å². The lowest BCUT2D eigenvalue weighted by atomic mass is 10.1. The molecule has 1 fully saturated rings. The van der Waals surface area contributed by atoms with Crippen LogP contribution < -0.4 is 4.90 Å². The van der Waals surface area contributed by atoms with Crippen LogP contribution in [0.25, 0.3) is 11.3 Å². The zero-order valence-electron chi connectivity index (χ0n) is 21.3. The van der Waals surface area contributed by atoms with Crippen LogP contribution in [0.5, 0.6) is 0 Å². The van der Waals surface area contributed by atoms with Gasteiger partial charge in [0.2, 0.25) is 5.88 Å². The maximum Gasteiger partial charge on any atom is 0.232 e. The van der Waals surface area contributed by atoms with Gasteiger partial charge in [0.25, 0.3) is 0 Å². The van der Waals surface area contributed by atoms with Gasteiger partial charge in [-0.15, -0.1) is 0 Å². The van der Waals surface area contributed by atoms with Crippen molar-refractivity contribution < 1.29 is 19.1 Å². The van der Waals surface area contributed by atoms with Crippen molar-refractivity contribution in [2.45, 2.75) is 44.9 Å². The molecule has 1 atom stereocenters. The number of ether oxygens (including phenoxy) is 2. The van der Waals surface area contributed by atoms with E-state index in [9.17, 15) is 5.11 Å². The first kappa shape index (κ1) is 26.4. The molecule has 3 aromatic rings. The minimum atomic E-state index is -0.602. The zero-order valence-corrected chi connectivity index (χ0v) is 21.3. The fourth-order valence-corrected chi connectivity index (χ4v) is 4.74.